The molecule has 0 amide bonds. The molecule has 19 heavy (non-hydrogen) atoms. The smallest absolute Gasteiger partial charge is 0.0348 e. The van der Waals surface area contributed by atoms with Gasteiger partial charge in [-0.25, -0.2) is 0 Å². The van der Waals surface area contributed by atoms with Crippen LogP contribution in [0.4, 0.5) is 0 Å². The lowest BCUT2D eigenvalue weighted by Crippen LogP contribution is -2.31. The van der Waals surface area contributed by atoms with Gasteiger partial charge in [0, 0.05) is 9.61 Å². The predicted molar refractivity (Wildman–Crippen MR) is 91.3 cm³/mol. The average molecular weight is 371 g/mol. The monoisotopic (exact) mass is 371 g/mol. The second kappa shape index (κ2) is 7.63. The van der Waals surface area contributed by atoms with E-state index in [1.165, 1.54) is 41.2 Å². The van der Waals surface area contributed by atoms with Gasteiger partial charge in [-0.15, -0.1) is 0 Å². The largest absolute Gasteiger partial charge is 0.310 e. The second-order valence-corrected chi connectivity index (χ2v) is 7.02. The fourth-order valence-electron chi connectivity index (χ4n) is 3.38. The number of benzene rings is 1. The molecule has 2 heteroatoms. The Morgan fingerprint density at radius 1 is 1.11 bits per heavy atom. The van der Waals surface area contributed by atoms with Crippen molar-refractivity contribution in [1.29, 1.82) is 0 Å². The minimum absolute atomic E-state index is 0.555. The first-order chi connectivity index (χ1) is 9.24. The molecule has 0 aliphatic heterocycles. The van der Waals surface area contributed by atoms with Gasteiger partial charge in [0.1, 0.15) is 0 Å². The molecule has 1 nitrogen and oxygen atoms in total. The van der Waals surface area contributed by atoms with Gasteiger partial charge in [0.05, 0.1) is 0 Å². The molecule has 0 saturated heterocycles. The highest BCUT2D eigenvalue weighted by Gasteiger charge is 2.27. The van der Waals surface area contributed by atoms with E-state index in [4.69, 9.17) is 0 Å². The van der Waals surface area contributed by atoms with E-state index in [-0.39, 0.29) is 0 Å². The average Bonchev–Trinajstić information content (AvgIpc) is 2.46. The zero-order chi connectivity index (χ0) is 13.7. The summed E-state index contributed by atoms with van der Waals surface area (Å²) in [5.74, 6) is 1.80. The van der Waals surface area contributed by atoms with Gasteiger partial charge in [0.15, 0.2) is 0 Å². The fourth-order valence-corrected chi connectivity index (χ4v) is 3.74. The summed E-state index contributed by atoms with van der Waals surface area (Å²) in [4.78, 5) is 0. The Kier molecular flexibility index (Phi) is 6.14. The highest BCUT2D eigenvalue weighted by atomic mass is 127. The molecule has 2 rings (SSSR count). The molecule has 0 spiro atoms. The number of halogens is 1. The van der Waals surface area contributed by atoms with Crippen molar-refractivity contribution >= 4 is 22.6 Å². The summed E-state index contributed by atoms with van der Waals surface area (Å²) < 4.78 is 1.33. The van der Waals surface area contributed by atoms with Gasteiger partial charge < -0.3 is 5.32 Å². The van der Waals surface area contributed by atoms with Crippen LogP contribution in [0.2, 0.25) is 0 Å². The standard InChI is InChI=1S/C17H26IN/c1-3-13-5-7-14(8-6-13)17(19-4-2)15-9-11-16(18)12-10-15/h9-14,17,19H,3-8H2,1-2H3. The molecule has 0 aromatic heterocycles. The fraction of sp³-hybridized carbons (Fsp3) is 0.647. The molecule has 1 aliphatic rings. The molecule has 1 aromatic rings. The Morgan fingerprint density at radius 3 is 2.26 bits per heavy atom. The molecule has 1 atom stereocenters. The quantitative estimate of drug-likeness (QED) is 0.705. The first-order valence-corrected chi connectivity index (χ1v) is 8.81. The maximum atomic E-state index is 3.72. The molecule has 1 aliphatic carbocycles. The van der Waals surface area contributed by atoms with Crippen molar-refractivity contribution < 1.29 is 0 Å². The van der Waals surface area contributed by atoms with Crippen LogP contribution in [0.15, 0.2) is 24.3 Å². The Morgan fingerprint density at radius 2 is 1.74 bits per heavy atom. The molecule has 0 heterocycles. The second-order valence-electron chi connectivity index (χ2n) is 5.78. The van der Waals surface area contributed by atoms with Crippen molar-refractivity contribution in [2.75, 3.05) is 6.54 Å². The van der Waals surface area contributed by atoms with E-state index in [0.29, 0.717) is 6.04 Å². The van der Waals surface area contributed by atoms with Crippen LogP contribution in [0.25, 0.3) is 0 Å². The van der Waals surface area contributed by atoms with Gasteiger partial charge in [0.25, 0.3) is 0 Å². The first-order valence-electron chi connectivity index (χ1n) is 7.73. The third-order valence-electron chi connectivity index (χ3n) is 4.59. The molecule has 1 unspecified atom stereocenters. The van der Waals surface area contributed by atoms with Crippen molar-refractivity contribution in [3.8, 4) is 0 Å². The van der Waals surface area contributed by atoms with Gasteiger partial charge in [-0.2, -0.15) is 0 Å². The van der Waals surface area contributed by atoms with Crippen LogP contribution in [-0.2, 0) is 0 Å². The highest BCUT2D eigenvalue weighted by molar-refractivity contribution is 14.1. The minimum Gasteiger partial charge on any atom is -0.310 e. The Labute approximate surface area is 131 Å². The van der Waals surface area contributed by atoms with E-state index in [9.17, 15) is 0 Å². The van der Waals surface area contributed by atoms with Crippen molar-refractivity contribution in [1.82, 2.24) is 5.32 Å². The van der Waals surface area contributed by atoms with Gasteiger partial charge in [-0.3, -0.25) is 0 Å². The molecule has 0 radical (unpaired) electrons. The summed E-state index contributed by atoms with van der Waals surface area (Å²) >= 11 is 2.38. The Balaban J connectivity index is 2.05. The summed E-state index contributed by atoms with van der Waals surface area (Å²) in [5.41, 5.74) is 1.47. The molecule has 1 aromatic carbocycles. The van der Waals surface area contributed by atoms with E-state index in [2.05, 4.69) is 66.0 Å². The van der Waals surface area contributed by atoms with Gasteiger partial charge in [-0.05, 0) is 71.5 Å². The van der Waals surface area contributed by atoms with Crippen LogP contribution in [-0.4, -0.2) is 6.54 Å². The van der Waals surface area contributed by atoms with Crippen molar-refractivity contribution in [3.05, 3.63) is 33.4 Å². The van der Waals surface area contributed by atoms with E-state index >= 15 is 0 Å². The lowest BCUT2D eigenvalue weighted by molar-refractivity contribution is 0.220. The number of rotatable bonds is 5. The van der Waals surface area contributed by atoms with Crippen molar-refractivity contribution in [2.24, 2.45) is 11.8 Å². The van der Waals surface area contributed by atoms with E-state index in [1.807, 2.05) is 0 Å². The van der Waals surface area contributed by atoms with Gasteiger partial charge >= 0.3 is 0 Å². The van der Waals surface area contributed by atoms with Crippen LogP contribution in [0.5, 0.6) is 0 Å². The lowest BCUT2D eigenvalue weighted by Gasteiger charge is -2.34. The van der Waals surface area contributed by atoms with Crippen molar-refractivity contribution in [3.63, 3.8) is 0 Å². The highest BCUT2D eigenvalue weighted by Crippen LogP contribution is 2.37. The molecule has 1 saturated carbocycles. The van der Waals surface area contributed by atoms with Crippen LogP contribution < -0.4 is 5.32 Å². The molecular formula is C17H26IN. The SMILES string of the molecule is CCNC(c1ccc(I)cc1)C1CCC(CC)CC1. The van der Waals surface area contributed by atoms with Crippen LogP contribution >= 0.6 is 22.6 Å². The summed E-state index contributed by atoms with van der Waals surface area (Å²) in [7, 11) is 0. The zero-order valence-electron chi connectivity index (χ0n) is 12.2. The number of hydrogen-bond donors (Lipinski definition) is 1. The molecule has 1 N–H and O–H groups in total. The van der Waals surface area contributed by atoms with E-state index < -0.39 is 0 Å². The zero-order valence-corrected chi connectivity index (χ0v) is 14.3. The van der Waals surface area contributed by atoms with Gasteiger partial charge in [0.2, 0.25) is 0 Å². The Bertz CT molecular complexity index is 365. The number of nitrogens with one attached hydrogen (secondary N) is 1. The van der Waals surface area contributed by atoms with E-state index in [1.54, 1.807) is 0 Å². The third kappa shape index (κ3) is 4.19. The Hall–Kier alpha value is -0.0900. The molecule has 0 bridgehead atoms. The summed E-state index contributed by atoms with van der Waals surface area (Å²) in [6, 6.07) is 9.64. The maximum Gasteiger partial charge on any atom is 0.0348 e. The minimum atomic E-state index is 0.555. The third-order valence-corrected chi connectivity index (χ3v) is 5.31. The molecule has 1 fully saturated rings. The molecular weight excluding hydrogens is 345 g/mol. The van der Waals surface area contributed by atoms with Crippen LogP contribution in [0, 0.1) is 15.4 Å². The topological polar surface area (TPSA) is 12.0 Å². The predicted octanol–water partition coefficient (Wildman–Crippen LogP) is 5.16. The van der Waals surface area contributed by atoms with Crippen LogP contribution in [0.3, 0.4) is 0 Å². The van der Waals surface area contributed by atoms with Crippen molar-refractivity contribution in [2.45, 2.75) is 52.0 Å². The summed E-state index contributed by atoms with van der Waals surface area (Å²) in [6.45, 7) is 5.62. The first kappa shape index (κ1) is 15.3. The normalized spacial score (nSPS) is 25.2. The van der Waals surface area contributed by atoms with Gasteiger partial charge in [-0.1, -0.05) is 45.2 Å². The maximum absolute atomic E-state index is 3.72. The lowest BCUT2D eigenvalue weighted by atomic mass is 9.76. The molecule has 106 valence electrons. The summed E-state index contributed by atoms with van der Waals surface area (Å²) in [5, 5.41) is 3.72. The summed E-state index contributed by atoms with van der Waals surface area (Å²) in [6.07, 6.45) is 6.99. The van der Waals surface area contributed by atoms with E-state index in [0.717, 1.165) is 18.4 Å². The number of hydrogen-bond acceptors (Lipinski definition) is 1. The van der Waals surface area contributed by atoms with Crippen LogP contribution in [0.1, 0.15) is 57.6 Å².